The Morgan fingerprint density at radius 3 is 2.53 bits per heavy atom. The van der Waals surface area contributed by atoms with Gasteiger partial charge in [0.1, 0.15) is 5.75 Å². The Labute approximate surface area is 106 Å². The number of anilines is 1. The molecule has 0 radical (unpaired) electrons. The molecule has 0 saturated carbocycles. The van der Waals surface area contributed by atoms with Crippen molar-refractivity contribution in [2.45, 2.75) is 13.8 Å². The summed E-state index contributed by atoms with van der Waals surface area (Å²) in [5, 5.41) is 0.611. The molecule has 2 N–H and O–H groups in total. The average molecular weight is 248 g/mol. The molecule has 17 heavy (non-hydrogen) atoms. The van der Waals surface area contributed by atoms with E-state index in [0.717, 1.165) is 16.9 Å². The van der Waals surface area contributed by atoms with Crippen molar-refractivity contribution < 1.29 is 4.74 Å². The maximum absolute atomic E-state index is 5.92. The highest BCUT2D eigenvalue weighted by molar-refractivity contribution is 6.30. The molecular weight excluding hydrogens is 234 g/mol. The van der Waals surface area contributed by atoms with Gasteiger partial charge < -0.3 is 10.5 Å². The number of hydrogen-bond acceptors (Lipinski definition) is 2. The third kappa shape index (κ3) is 2.71. The minimum Gasteiger partial charge on any atom is -0.455 e. The Morgan fingerprint density at radius 2 is 1.76 bits per heavy atom. The molecule has 0 bridgehead atoms. The van der Waals surface area contributed by atoms with Crippen LogP contribution >= 0.6 is 11.6 Å². The maximum Gasteiger partial charge on any atom is 0.151 e. The lowest BCUT2D eigenvalue weighted by Gasteiger charge is -2.11. The summed E-state index contributed by atoms with van der Waals surface area (Å²) in [5.74, 6) is 1.39. The molecule has 0 saturated heterocycles. The molecule has 2 aromatic rings. The second kappa shape index (κ2) is 4.68. The number of ether oxygens (including phenoxy) is 1. The lowest BCUT2D eigenvalue weighted by Crippen LogP contribution is -1.93. The van der Waals surface area contributed by atoms with Crippen LogP contribution in [0.25, 0.3) is 0 Å². The van der Waals surface area contributed by atoms with Gasteiger partial charge in [0, 0.05) is 11.1 Å². The third-order valence-electron chi connectivity index (χ3n) is 2.54. The van der Waals surface area contributed by atoms with Crippen molar-refractivity contribution in [2.24, 2.45) is 0 Å². The fourth-order valence-electron chi connectivity index (χ4n) is 1.53. The lowest BCUT2D eigenvalue weighted by atomic mass is 10.1. The monoisotopic (exact) mass is 247 g/mol. The molecule has 3 heteroatoms. The second-order valence-electron chi connectivity index (χ2n) is 4.05. The fourth-order valence-corrected chi connectivity index (χ4v) is 1.69. The molecule has 88 valence electrons. The molecule has 0 atom stereocenters. The molecule has 2 aromatic carbocycles. The van der Waals surface area contributed by atoms with Crippen LogP contribution in [-0.2, 0) is 0 Å². The van der Waals surface area contributed by atoms with E-state index < -0.39 is 0 Å². The van der Waals surface area contributed by atoms with Gasteiger partial charge in [-0.1, -0.05) is 23.7 Å². The van der Waals surface area contributed by atoms with E-state index >= 15 is 0 Å². The van der Waals surface area contributed by atoms with Gasteiger partial charge in [0.05, 0.1) is 5.69 Å². The molecule has 0 amide bonds. The SMILES string of the molecule is Cc1ccc(C)c(Oc2cc(Cl)ccc2N)c1. The van der Waals surface area contributed by atoms with E-state index in [-0.39, 0.29) is 0 Å². The van der Waals surface area contributed by atoms with Crippen LogP contribution in [0.15, 0.2) is 36.4 Å². The summed E-state index contributed by atoms with van der Waals surface area (Å²) in [5.41, 5.74) is 8.63. The molecule has 0 heterocycles. The van der Waals surface area contributed by atoms with Crippen molar-refractivity contribution in [1.29, 1.82) is 0 Å². The van der Waals surface area contributed by atoms with E-state index in [0.29, 0.717) is 16.5 Å². The summed E-state index contributed by atoms with van der Waals surface area (Å²) in [4.78, 5) is 0. The van der Waals surface area contributed by atoms with E-state index in [1.54, 1.807) is 18.2 Å². The molecule has 0 aliphatic heterocycles. The molecule has 2 nitrogen and oxygen atoms in total. The molecule has 0 fully saturated rings. The van der Waals surface area contributed by atoms with Crippen LogP contribution in [0.2, 0.25) is 5.02 Å². The Balaban J connectivity index is 2.37. The summed E-state index contributed by atoms with van der Waals surface area (Å²) >= 11 is 5.92. The molecule has 0 aliphatic carbocycles. The van der Waals surface area contributed by atoms with Gasteiger partial charge in [-0.05, 0) is 43.2 Å². The average Bonchev–Trinajstić information content (AvgIpc) is 2.28. The smallest absolute Gasteiger partial charge is 0.151 e. The third-order valence-corrected chi connectivity index (χ3v) is 2.77. The van der Waals surface area contributed by atoms with E-state index in [2.05, 4.69) is 0 Å². The molecule has 0 aromatic heterocycles. The largest absolute Gasteiger partial charge is 0.455 e. The predicted octanol–water partition coefficient (Wildman–Crippen LogP) is 4.33. The van der Waals surface area contributed by atoms with Crippen molar-refractivity contribution in [2.75, 3.05) is 5.73 Å². The lowest BCUT2D eigenvalue weighted by molar-refractivity contribution is 0.481. The summed E-state index contributed by atoms with van der Waals surface area (Å²) < 4.78 is 5.79. The normalized spacial score (nSPS) is 10.3. The van der Waals surface area contributed by atoms with Crippen molar-refractivity contribution >= 4 is 17.3 Å². The summed E-state index contributed by atoms with van der Waals surface area (Å²) in [6.07, 6.45) is 0. The van der Waals surface area contributed by atoms with Crippen LogP contribution in [0.5, 0.6) is 11.5 Å². The number of hydrogen-bond donors (Lipinski definition) is 1. The van der Waals surface area contributed by atoms with Crippen LogP contribution in [0.1, 0.15) is 11.1 Å². The Kier molecular flexibility index (Phi) is 3.25. The number of rotatable bonds is 2. The number of benzene rings is 2. The zero-order chi connectivity index (χ0) is 12.4. The number of aryl methyl sites for hydroxylation is 2. The highest BCUT2D eigenvalue weighted by atomic mass is 35.5. The zero-order valence-corrected chi connectivity index (χ0v) is 10.6. The first-order valence-corrected chi connectivity index (χ1v) is 5.74. The molecule has 0 aliphatic rings. The van der Waals surface area contributed by atoms with Gasteiger partial charge in [-0.3, -0.25) is 0 Å². The molecular formula is C14H14ClNO. The number of nitrogen functional groups attached to an aromatic ring is 1. The van der Waals surface area contributed by atoms with E-state index in [1.165, 1.54) is 0 Å². The highest BCUT2D eigenvalue weighted by Gasteiger charge is 2.05. The quantitative estimate of drug-likeness (QED) is 0.802. The van der Waals surface area contributed by atoms with E-state index in [4.69, 9.17) is 22.1 Å². The highest BCUT2D eigenvalue weighted by Crippen LogP contribution is 2.32. The number of halogens is 1. The Hall–Kier alpha value is -1.67. The van der Waals surface area contributed by atoms with Crippen molar-refractivity contribution in [3.63, 3.8) is 0 Å². The van der Waals surface area contributed by atoms with Gasteiger partial charge in [0.2, 0.25) is 0 Å². The van der Waals surface area contributed by atoms with Crippen molar-refractivity contribution in [3.05, 3.63) is 52.5 Å². The van der Waals surface area contributed by atoms with Crippen LogP contribution in [-0.4, -0.2) is 0 Å². The summed E-state index contributed by atoms with van der Waals surface area (Å²) in [6.45, 7) is 4.02. The predicted molar refractivity (Wildman–Crippen MR) is 71.9 cm³/mol. The number of nitrogens with two attached hydrogens (primary N) is 1. The summed E-state index contributed by atoms with van der Waals surface area (Å²) in [7, 11) is 0. The van der Waals surface area contributed by atoms with Gasteiger partial charge in [-0.2, -0.15) is 0 Å². The first kappa shape index (κ1) is 11.8. The van der Waals surface area contributed by atoms with Gasteiger partial charge in [0.15, 0.2) is 5.75 Å². The molecule has 2 rings (SSSR count). The first-order chi connectivity index (χ1) is 8.06. The topological polar surface area (TPSA) is 35.2 Å². The van der Waals surface area contributed by atoms with Gasteiger partial charge in [0.25, 0.3) is 0 Å². The van der Waals surface area contributed by atoms with Crippen LogP contribution in [0, 0.1) is 13.8 Å². The molecule has 0 unspecified atom stereocenters. The first-order valence-electron chi connectivity index (χ1n) is 5.36. The van der Waals surface area contributed by atoms with Gasteiger partial charge in [-0.25, -0.2) is 0 Å². The summed E-state index contributed by atoms with van der Waals surface area (Å²) in [6, 6.07) is 11.2. The Bertz CT molecular complexity index is 502. The van der Waals surface area contributed by atoms with Crippen LogP contribution in [0.3, 0.4) is 0 Å². The standard InChI is InChI=1S/C14H14ClNO/c1-9-3-4-10(2)13(7-9)17-14-8-11(15)5-6-12(14)16/h3-8H,16H2,1-2H3. The van der Waals surface area contributed by atoms with Crippen molar-refractivity contribution in [1.82, 2.24) is 0 Å². The second-order valence-corrected chi connectivity index (χ2v) is 4.49. The van der Waals surface area contributed by atoms with E-state index in [1.807, 2.05) is 32.0 Å². The van der Waals surface area contributed by atoms with E-state index in [9.17, 15) is 0 Å². The zero-order valence-electron chi connectivity index (χ0n) is 9.83. The van der Waals surface area contributed by atoms with Gasteiger partial charge >= 0.3 is 0 Å². The minimum absolute atomic E-state index is 0.579. The van der Waals surface area contributed by atoms with Gasteiger partial charge in [-0.15, -0.1) is 0 Å². The minimum atomic E-state index is 0.579. The van der Waals surface area contributed by atoms with Crippen LogP contribution < -0.4 is 10.5 Å². The van der Waals surface area contributed by atoms with Crippen molar-refractivity contribution in [3.8, 4) is 11.5 Å². The molecule has 0 spiro atoms. The van der Waals surface area contributed by atoms with Crippen LogP contribution in [0.4, 0.5) is 5.69 Å². The Morgan fingerprint density at radius 1 is 1.00 bits per heavy atom. The fraction of sp³-hybridized carbons (Fsp3) is 0.143. The maximum atomic E-state index is 5.92.